The van der Waals surface area contributed by atoms with Crippen molar-refractivity contribution < 1.29 is 0 Å². The molecule has 2 heterocycles. The predicted molar refractivity (Wildman–Crippen MR) is 89.0 cm³/mol. The number of thioether (sulfide) groups is 1. The van der Waals surface area contributed by atoms with Gasteiger partial charge in [-0.05, 0) is 29.9 Å². The van der Waals surface area contributed by atoms with E-state index < -0.39 is 0 Å². The van der Waals surface area contributed by atoms with Crippen LogP contribution in [0.3, 0.4) is 0 Å². The topological polar surface area (TPSA) is 56.7 Å². The molecule has 0 bridgehead atoms. The van der Waals surface area contributed by atoms with Gasteiger partial charge in [0.15, 0.2) is 5.82 Å². The number of aryl methyl sites for hydroxylation is 1. The first kappa shape index (κ1) is 14.2. The molecule has 0 saturated heterocycles. The number of thiophene rings is 1. The Morgan fingerprint density at radius 1 is 1.10 bits per heavy atom. The molecule has 0 aliphatic rings. The van der Waals surface area contributed by atoms with Crippen molar-refractivity contribution in [3.8, 4) is 10.7 Å². The molecule has 2 aromatic heterocycles. The molecule has 0 unspecified atom stereocenters. The van der Waals surface area contributed by atoms with Crippen LogP contribution in [0.2, 0.25) is 0 Å². The second kappa shape index (κ2) is 6.78. The van der Waals surface area contributed by atoms with Gasteiger partial charge in [-0.1, -0.05) is 48.2 Å². The van der Waals surface area contributed by atoms with Gasteiger partial charge >= 0.3 is 0 Å². The molecule has 0 aliphatic carbocycles. The van der Waals surface area contributed by atoms with Crippen molar-refractivity contribution >= 4 is 23.1 Å². The molecule has 0 radical (unpaired) electrons. The molecule has 0 atom stereocenters. The Balaban J connectivity index is 1.54. The first-order valence-corrected chi connectivity index (χ1v) is 8.62. The summed E-state index contributed by atoms with van der Waals surface area (Å²) in [7, 11) is 0. The molecule has 3 rings (SSSR count). The lowest BCUT2D eigenvalue weighted by Crippen LogP contribution is -2.11. The van der Waals surface area contributed by atoms with Gasteiger partial charge in [0.25, 0.3) is 0 Å². The Bertz CT molecular complexity index is 677. The number of hydrogen-bond donors (Lipinski definition) is 1. The Hall–Kier alpha value is -1.79. The molecule has 0 spiro atoms. The molecule has 21 heavy (non-hydrogen) atoms. The van der Waals surface area contributed by atoms with E-state index in [9.17, 15) is 0 Å². The lowest BCUT2D eigenvalue weighted by molar-refractivity contribution is 0.844. The van der Waals surface area contributed by atoms with E-state index in [0.717, 1.165) is 34.5 Å². The van der Waals surface area contributed by atoms with E-state index >= 15 is 0 Å². The van der Waals surface area contributed by atoms with E-state index in [2.05, 4.69) is 34.5 Å². The van der Waals surface area contributed by atoms with E-state index in [1.54, 1.807) is 27.8 Å². The Morgan fingerprint density at radius 2 is 1.95 bits per heavy atom. The summed E-state index contributed by atoms with van der Waals surface area (Å²) in [6.07, 6.45) is 2.17. The third kappa shape index (κ3) is 3.46. The van der Waals surface area contributed by atoms with Crippen LogP contribution < -0.4 is 5.84 Å². The quantitative estimate of drug-likeness (QED) is 0.430. The highest BCUT2D eigenvalue weighted by atomic mass is 32.2. The second-order valence-electron chi connectivity index (χ2n) is 4.59. The third-order valence-corrected chi connectivity index (χ3v) is 4.99. The van der Waals surface area contributed by atoms with Gasteiger partial charge in [0.05, 0.1) is 4.88 Å². The van der Waals surface area contributed by atoms with Crippen molar-refractivity contribution in [3.05, 3.63) is 53.4 Å². The minimum absolute atomic E-state index is 0.732. The maximum Gasteiger partial charge on any atom is 0.210 e. The van der Waals surface area contributed by atoms with Crippen LogP contribution in [0, 0.1) is 0 Å². The summed E-state index contributed by atoms with van der Waals surface area (Å²) in [5, 5.41) is 11.1. The van der Waals surface area contributed by atoms with Crippen LogP contribution in [0.15, 0.2) is 53.0 Å². The van der Waals surface area contributed by atoms with E-state index in [0.29, 0.717) is 0 Å². The lowest BCUT2D eigenvalue weighted by Gasteiger charge is -2.03. The molecule has 4 nitrogen and oxygen atoms in total. The number of nitrogens with two attached hydrogens (primary N) is 1. The zero-order valence-electron chi connectivity index (χ0n) is 11.5. The fourth-order valence-corrected chi connectivity index (χ4v) is 3.53. The molecule has 0 fully saturated rings. The molecule has 0 aliphatic heterocycles. The monoisotopic (exact) mass is 316 g/mol. The molecule has 1 aromatic carbocycles. The van der Waals surface area contributed by atoms with Gasteiger partial charge in [0, 0.05) is 5.75 Å². The number of rotatable bonds is 6. The number of aromatic nitrogens is 3. The van der Waals surface area contributed by atoms with Crippen LogP contribution in [-0.2, 0) is 6.42 Å². The van der Waals surface area contributed by atoms with Crippen molar-refractivity contribution in [1.82, 2.24) is 14.9 Å². The summed E-state index contributed by atoms with van der Waals surface area (Å²) in [6, 6.07) is 14.5. The normalized spacial score (nSPS) is 10.9. The number of benzene rings is 1. The van der Waals surface area contributed by atoms with Crippen molar-refractivity contribution in [2.75, 3.05) is 11.6 Å². The highest BCUT2D eigenvalue weighted by molar-refractivity contribution is 7.99. The Morgan fingerprint density at radius 3 is 2.71 bits per heavy atom. The van der Waals surface area contributed by atoms with Gasteiger partial charge in [0.1, 0.15) is 0 Å². The maximum absolute atomic E-state index is 6.07. The first-order valence-electron chi connectivity index (χ1n) is 6.75. The molecule has 108 valence electrons. The highest BCUT2D eigenvalue weighted by Gasteiger charge is 2.12. The smallest absolute Gasteiger partial charge is 0.210 e. The van der Waals surface area contributed by atoms with Crippen LogP contribution in [0.1, 0.15) is 12.0 Å². The van der Waals surface area contributed by atoms with Gasteiger partial charge in [-0.2, -0.15) is 0 Å². The van der Waals surface area contributed by atoms with E-state index in [1.165, 1.54) is 5.56 Å². The molecule has 2 N–H and O–H groups in total. The molecular weight excluding hydrogens is 300 g/mol. The van der Waals surface area contributed by atoms with Crippen LogP contribution in [0.5, 0.6) is 0 Å². The van der Waals surface area contributed by atoms with Crippen LogP contribution in [0.25, 0.3) is 10.7 Å². The minimum atomic E-state index is 0.732. The summed E-state index contributed by atoms with van der Waals surface area (Å²) in [5.41, 5.74) is 1.37. The highest BCUT2D eigenvalue weighted by Crippen LogP contribution is 2.25. The summed E-state index contributed by atoms with van der Waals surface area (Å²) in [5.74, 6) is 7.78. The molecule has 0 saturated carbocycles. The third-order valence-electron chi connectivity index (χ3n) is 3.09. The summed E-state index contributed by atoms with van der Waals surface area (Å²) < 4.78 is 1.58. The predicted octanol–water partition coefficient (Wildman–Crippen LogP) is 3.45. The molecular formula is C15H16N4S2. The van der Waals surface area contributed by atoms with Gasteiger partial charge in [-0.15, -0.1) is 21.5 Å². The number of hydrogen-bond acceptors (Lipinski definition) is 5. The molecule has 3 aromatic rings. The van der Waals surface area contributed by atoms with Gasteiger partial charge < -0.3 is 5.84 Å². The van der Waals surface area contributed by atoms with E-state index in [-0.39, 0.29) is 0 Å². The molecule has 6 heteroatoms. The van der Waals surface area contributed by atoms with Crippen LogP contribution >= 0.6 is 23.1 Å². The molecule has 0 amide bonds. The fraction of sp³-hybridized carbons (Fsp3) is 0.200. The lowest BCUT2D eigenvalue weighted by atomic mass is 10.1. The standard InChI is InChI=1S/C15H16N4S2/c16-19-14(13-9-5-10-20-13)17-18-15(19)21-11-4-8-12-6-2-1-3-7-12/h1-3,5-7,9-10H,4,8,11,16H2. The summed E-state index contributed by atoms with van der Waals surface area (Å²) >= 11 is 3.27. The Labute approximate surface area is 132 Å². The maximum atomic E-state index is 6.07. The average Bonchev–Trinajstić information content (AvgIpc) is 3.15. The van der Waals surface area contributed by atoms with Crippen LogP contribution in [-0.4, -0.2) is 20.6 Å². The van der Waals surface area contributed by atoms with Gasteiger partial charge in [0.2, 0.25) is 5.16 Å². The number of nitrogens with zero attached hydrogens (tertiary/aromatic N) is 3. The second-order valence-corrected chi connectivity index (χ2v) is 6.60. The van der Waals surface area contributed by atoms with Gasteiger partial charge in [-0.3, -0.25) is 0 Å². The van der Waals surface area contributed by atoms with Crippen molar-refractivity contribution in [2.45, 2.75) is 18.0 Å². The summed E-state index contributed by atoms with van der Waals surface area (Å²) in [4.78, 5) is 1.04. The zero-order chi connectivity index (χ0) is 14.5. The van der Waals surface area contributed by atoms with E-state index in [1.807, 2.05) is 23.6 Å². The van der Waals surface area contributed by atoms with Crippen LogP contribution in [0.4, 0.5) is 0 Å². The van der Waals surface area contributed by atoms with Crippen molar-refractivity contribution in [3.63, 3.8) is 0 Å². The zero-order valence-corrected chi connectivity index (χ0v) is 13.1. The van der Waals surface area contributed by atoms with Crippen molar-refractivity contribution in [1.29, 1.82) is 0 Å². The fourth-order valence-electron chi connectivity index (χ4n) is 2.03. The SMILES string of the molecule is Nn1c(SCCCc2ccccc2)nnc1-c1cccs1. The number of nitrogen functional groups attached to an aromatic ring is 1. The summed E-state index contributed by atoms with van der Waals surface area (Å²) in [6.45, 7) is 0. The largest absolute Gasteiger partial charge is 0.335 e. The first-order chi connectivity index (χ1) is 10.3. The van der Waals surface area contributed by atoms with E-state index in [4.69, 9.17) is 5.84 Å². The average molecular weight is 316 g/mol. The van der Waals surface area contributed by atoms with Gasteiger partial charge in [-0.25, -0.2) is 4.68 Å². The Kier molecular flexibility index (Phi) is 4.57. The minimum Gasteiger partial charge on any atom is -0.335 e. The van der Waals surface area contributed by atoms with Crippen molar-refractivity contribution in [2.24, 2.45) is 0 Å².